The fraction of sp³-hybridized carbons (Fsp3) is 0.818. The van der Waals surface area contributed by atoms with Gasteiger partial charge < -0.3 is 16.0 Å². The summed E-state index contributed by atoms with van der Waals surface area (Å²) in [6, 6.07) is -0.435. The number of hydrogen-bond acceptors (Lipinski definition) is 4. The van der Waals surface area contributed by atoms with Gasteiger partial charge in [0, 0.05) is 13.1 Å². The molecule has 100 valence electrons. The van der Waals surface area contributed by atoms with Crippen molar-refractivity contribution >= 4 is 23.6 Å². The van der Waals surface area contributed by atoms with Crippen LogP contribution in [0.2, 0.25) is 0 Å². The van der Waals surface area contributed by atoms with Gasteiger partial charge in [-0.3, -0.25) is 9.59 Å². The van der Waals surface area contributed by atoms with Gasteiger partial charge in [0.2, 0.25) is 11.8 Å². The minimum Gasteiger partial charge on any atom is -0.352 e. The van der Waals surface area contributed by atoms with Crippen LogP contribution in [0.3, 0.4) is 0 Å². The second-order valence-electron chi connectivity index (χ2n) is 4.30. The molecule has 2 amide bonds. The number of nitrogens with two attached hydrogens (primary N) is 1. The smallest absolute Gasteiger partial charge is 0.239 e. The predicted molar refractivity (Wildman–Crippen MR) is 71.9 cm³/mol. The molecule has 0 spiro atoms. The van der Waals surface area contributed by atoms with Gasteiger partial charge in [-0.15, -0.1) is 0 Å². The third-order valence-electron chi connectivity index (χ3n) is 2.16. The van der Waals surface area contributed by atoms with Crippen LogP contribution in [0.25, 0.3) is 0 Å². The third-order valence-corrected chi connectivity index (χ3v) is 2.80. The standard InChI is InChI=1S/C11H23N3O2S/c1-8(2)13-10(15)7-14(3)11(16)9(12)5-6-17-4/h8-9H,5-7,12H2,1-4H3,(H,13,15)/t9-/m0/s1. The van der Waals surface area contributed by atoms with Crippen LogP contribution in [-0.2, 0) is 9.59 Å². The minimum atomic E-state index is -0.515. The monoisotopic (exact) mass is 261 g/mol. The van der Waals surface area contributed by atoms with E-state index in [9.17, 15) is 9.59 Å². The van der Waals surface area contributed by atoms with E-state index in [0.717, 1.165) is 5.75 Å². The summed E-state index contributed by atoms with van der Waals surface area (Å²) >= 11 is 1.65. The zero-order valence-corrected chi connectivity index (χ0v) is 11.8. The maximum Gasteiger partial charge on any atom is 0.239 e. The van der Waals surface area contributed by atoms with Crippen LogP contribution in [0.15, 0.2) is 0 Å². The first-order valence-corrected chi connectivity index (χ1v) is 7.06. The van der Waals surface area contributed by atoms with Crippen LogP contribution < -0.4 is 11.1 Å². The zero-order chi connectivity index (χ0) is 13.4. The van der Waals surface area contributed by atoms with E-state index in [-0.39, 0.29) is 24.4 Å². The summed E-state index contributed by atoms with van der Waals surface area (Å²) in [7, 11) is 1.60. The Kier molecular flexibility index (Phi) is 7.99. The van der Waals surface area contributed by atoms with Gasteiger partial charge in [-0.05, 0) is 32.3 Å². The number of carbonyl (C=O) groups is 2. The highest BCUT2D eigenvalue weighted by Gasteiger charge is 2.19. The molecule has 0 aliphatic carbocycles. The van der Waals surface area contributed by atoms with E-state index in [1.54, 1.807) is 18.8 Å². The molecule has 5 nitrogen and oxygen atoms in total. The second kappa shape index (κ2) is 8.36. The molecular formula is C11H23N3O2S. The van der Waals surface area contributed by atoms with Crippen molar-refractivity contribution in [1.82, 2.24) is 10.2 Å². The number of likely N-dealkylation sites (N-methyl/N-ethyl adjacent to an activating group) is 1. The number of nitrogens with zero attached hydrogens (tertiary/aromatic N) is 1. The SMILES string of the molecule is CSCC[C@H](N)C(=O)N(C)CC(=O)NC(C)C. The van der Waals surface area contributed by atoms with Gasteiger partial charge in [0.05, 0.1) is 12.6 Å². The van der Waals surface area contributed by atoms with Crippen LogP contribution in [0.4, 0.5) is 0 Å². The Bertz CT molecular complexity index is 259. The lowest BCUT2D eigenvalue weighted by Gasteiger charge is -2.21. The van der Waals surface area contributed by atoms with E-state index in [1.165, 1.54) is 4.90 Å². The Morgan fingerprint density at radius 3 is 2.47 bits per heavy atom. The van der Waals surface area contributed by atoms with E-state index in [2.05, 4.69) is 5.32 Å². The Hall–Kier alpha value is -0.750. The van der Waals surface area contributed by atoms with Crippen molar-refractivity contribution in [3.63, 3.8) is 0 Å². The summed E-state index contributed by atoms with van der Waals surface area (Å²) in [5.74, 6) is 0.504. The molecule has 0 aromatic rings. The average Bonchev–Trinajstić information content (AvgIpc) is 2.23. The number of amides is 2. The summed E-state index contributed by atoms with van der Waals surface area (Å²) in [6.07, 6.45) is 2.60. The molecule has 0 saturated heterocycles. The molecular weight excluding hydrogens is 238 g/mol. The molecule has 17 heavy (non-hydrogen) atoms. The summed E-state index contributed by atoms with van der Waals surface area (Å²) in [6.45, 7) is 3.82. The summed E-state index contributed by atoms with van der Waals surface area (Å²) < 4.78 is 0. The van der Waals surface area contributed by atoms with Crippen molar-refractivity contribution in [2.75, 3.05) is 25.6 Å². The highest BCUT2D eigenvalue weighted by atomic mass is 32.2. The van der Waals surface area contributed by atoms with Crippen LogP contribution in [0, 0.1) is 0 Å². The summed E-state index contributed by atoms with van der Waals surface area (Å²) in [5, 5.41) is 2.73. The van der Waals surface area contributed by atoms with Crippen LogP contribution in [-0.4, -0.2) is 54.4 Å². The van der Waals surface area contributed by atoms with E-state index in [4.69, 9.17) is 5.73 Å². The molecule has 6 heteroatoms. The lowest BCUT2D eigenvalue weighted by molar-refractivity contribution is -0.135. The highest BCUT2D eigenvalue weighted by molar-refractivity contribution is 7.98. The quantitative estimate of drug-likeness (QED) is 0.679. The number of nitrogens with one attached hydrogen (secondary N) is 1. The van der Waals surface area contributed by atoms with Crippen molar-refractivity contribution in [2.24, 2.45) is 5.73 Å². The summed E-state index contributed by atoms with van der Waals surface area (Å²) in [4.78, 5) is 24.6. The lowest BCUT2D eigenvalue weighted by atomic mass is 10.2. The fourth-order valence-electron chi connectivity index (χ4n) is 1.31. The predicted octanol–water partition coefficient (Wildman–Crippen LogP) is 0.0498. The van der Waals surface area contributed by atoms with Crippen molar-refractivity contribution in [3.05, 3.63) is 0 Å². The van der Waals surface area contributed by atoms with Gasteiger partial charge in [-0.2, -0.15) is 11.8 Å². The molecule has 0 aromatic carbocycles. The molecule has 0 aliphatic heterocycles. The molecule has 0 rings (SSSR count). The van der Waals surface area contributed by atoms with E-state index in [1.807, 2.05) is 20.1 Å². The van der Waals surface area contributed by atoms with Crippen molar-refractivity contribution in [1.29, 1.82) is 0 Å². The molecule has 0 unspecified atom stereocenters. The maximum absolute atomic E-state index is 11.8. The molecule has 0 aliphatic rings. The van der Waals surface area contributed by atoms with Crippen molar-refractivity contribution < 1.29 is 9.59 Å². The normalized spacial score (nSPS) is 12.4. The second-order valence-corrected chi connectivity index (χ2v) is 5.29. The fourth-order valence-corrected chi connectivity index (χ4v) is 1.80. The topological polar surface area (TPSA) is 75.4 Å². The first-order valence-electron chi connectivity index (χ1n) is 5.67. The van der Waals surface area contributed by atoms with E-state index in [0.29, 0.717) is 6.42 Å². The van der Waals surface area contributed by atoms with Crippen molar-refractivity contribution in [2.45, 2.75) is 32.4 Å². The van der Waals surface area contributed by atoms with Crippen LogP contribution in [0.1, 0.15) is 20.3 Å². The molecule has 0 radical (unpaired) electrons. The van der Waals surface area contributed by atoms with Gasteiger partial charge in [0.25, 0.3) is 0 Å². The molecule has 0 aromatic heterocycles. The summed E-state index contributed by atoms with van der Waals surface area (Å²) in [5.41, 5.74) is 5.74. The minimum absolute atomic E-state index is 0.0595. The number of thioether (sulfide) groups is 1. The highest BCUT2D eigenvalue weighted by Crippen LogP contribution is 2.01. The number of hydrogen-bond donors (Lipinski definition) is 2. The van der Waals surface area contributed by atoms with Gasteiger partial charge in [0.15, 0.2) is 0 Å². The Morgan fingerprint density at radius 1 is 1.41 bits per heavy atom. The molecule has 0 bridgehead atoms. The van der Waals surface area contributed by atoms with E-state index >= 15 is 0 Å². The zero-order valence-electron chi connectivity index (χ0n) is 11.0. The molecule has 0 fully saturated rings. The van der Waals surface area contributed by atoms with Crippen molar-refractivity contribution in [3.8, 4) is 0 Å². The van der Waals surface area contributed by atoms with Gasteiger partial charge in [-0.25, -0.2) is 0 Å². The lowest BCUT2D eigenvalue weighted by Crippen LogP contribution is -2.47. The Labute approximate surface area is 107 Å². The van der Waals surface area contributed by atoms with Crippen LogP contribution >= 0.6 is 11.8 Å². The van der Waals surface area contributed by atoms with Gasteiger partial charge in [0.1, 0.15) is 0 Å². The van der Waals surface area contributed by atoms with E-state index < -0.39 is 6.04 Å². The Morgan fingerprint density at radius 2 is 2.00 bits per heavy atom. The first kappa shape index (κ1) is 16.2. The number of rotatable bonds is 7. The van der Waals surface area contributed by atoms with Crippen LogP contribution in [0.5, 0.6) is 0 Å². The average molecular weight is 261 g/mol. The first-order chi connectivity index (χ1) is 7.88. The Balaban J connectivity index is 4.08. The molecule has 3 N–H and O–H groups in total. The molecule has 1 atom stereocenters. The molecule has 0 saturated carbocycles. The number of carbonyl (C=O) groups excluding carboxylic acids is 2. The van der Waals surface area contributed by atoms with Gasteiger partial charge in [-0.1, -0.05) is 0 Å². The third kappa shape index (κ3) is 7.23. The largest absolute Gasteiger partial charge is 0.352 e. The maximum atomic E-state index is 11.8. The van der Waals surface area contributed by atoms with Gasteiger partial charge >= 0.3 is 0 Å². The molecule has 0 heterocycles.